The van der Waals surface area contributed by atoms with Gasteiger partial charge in [-0.3, -0.25) is 0 Å². The van der Waals surface area contributed by atoms with Crippen molar-refractivity contribution in [1.82, 2.24) is 10.3 Å². The molecule has 1 heterocycles. The monoisotopic (exact) mass is 546 g/mol. The molecule has 0 bridgehead atoms. The molecule has 3 rings (SSSR count). The molecule has 170 valence electrons. The third-order valence-corrected chi connectivity index (χ3v) is 22.7. The molecule has 0 unspecified atom stereocenters. The minimum Gasteiger partial charge on any atom is -0.323 e. The van der Waals surface area contributed by atoms with Crippen molar-refractivity contribution < 1.29 is 0 Å². The van der Waals surface area contributed by atoms with Gasteiger partial charge in [-0.1, -0.05) is 0 Å². The summed E-state index contributed by atoms with van der Waals surface area (Å²) >= 11 is -0.481. The molecule has 0 aliphatic heterocycles. The zero-order valence-electron chi connectivity index (χ0n) is 20.3. The molecule has 0 radical (unpaired) electrons. The van der Waals surface area contributed by atoms with Gasteiger partial charge in [-0.15, -0.1) is 0 Å². The Morgan fingerprint density at radius 3 is 1.87 bits per heavy atom. The van der Waals surface area contributed by atoms with Crippen LogP contribution in [0.2, 0.25) is 13.3 Å². The summed E-state index contributed by atoms with van der Waals surface area (Å²) in [6.45, 7) is 7.07. The van der Waals surface area contributed by atoms with Gasteiger partial charge in [0.2, 0.25) is 0 Å². The smallest absolute Gasteiger partial charge is 0.0167 e. The van der Waals surface area contributed by atoms with Gasteiger partial charge in [0, 0.05) is 0 Å². The first-order valence-corrected chi connectivity index (χ1v) is 20.5. The molecule has 0 amide bonds. The van der Waals surface area contributed by atoms with Gasteiger partial charge in [-0.25, -0.2) is 0 Å². The third kappa shape index (κ3) is 7.57. The van der Waals surface area contributed by atoms with E-state index in [1.807, 2.05) is 25.4 Å². The zero-order chi connectivity index (χ0) is 22.5. The number of fused-ring (bicyclic) bond motifs is 1. The van der Waals surface area contributed by atoms with Crippen LogP contribution in [0.3, 0.4) is 0 Å². The fraction of sp³-hybridized carbons (Fsp3) is 0.519. The number of unbranched alkanes of at least 4 members (excludes halogenated alkanes) is 3. The molecule has 1 N–H and O–H groups in total. The molecule has 1 aromatic heterocycles. The van der Waals surface area contributed by atoms with E-state index in [1.165, 1.54) is 67.6 Å². The first-order valence-electron chi connectivity index (χ1n) is 12.2. The summed E-state index contributed by atoms with van der Waals surface area (Å²) < 4.78 is 7.74. The number of hydrogen-bond acceptors (Lipinski definition) is 3. The number of thiazole rings is 1. The van der Waals surface area contributed by atoms with Crippen molar-refractivity contribution in [2.24, 2.45) is 0 Å². The maximum absolute atomic E-state index is 4.93. The van der Waals surface area contributed by atoms with Gasteiger partial charge in [0.1, 0.15) is 0 Å². The molecule has 4 heteroatoms. The Morgan fingerprint density at radius 1 is 0.806 bits per heavy atom. The van der Waals surface area contributed by atoms with Gasteiger partial charge in [-0.05, 0) is 14.1 Å². The third-order valence-electron chi connectivity index (χ3n) is 6.05. The van der Waals surface area contributed by atoms with Crippen molar-refractivity contribution in [3.8, 4) is 10.6 Å². The summed E-state index contributed by atoms with van der Waals surface area (Å²) in [6, 6.07) is 18.0. The zero-order valence-corrected chi connectivity index (χ0v) is 24.0. The maximum Gasteiger partial charge on any atom is -0.0167 e. The van der Waals surface area contributed by atoms with Crippen molar-refractivity contribution in [2.75, 3.05) is 14.1 Å². The van der Waals surface area contributed by atoms with E-state index >= 15 is 0 Å². The number of nitrogens with zero attached hydrogens (tertiary/aromatic N) is 1. The number of nitrogens with one attached hydrogen (secondary N) is 1. The van der Waals surface area contributed by atoms with Crippen molar-refractivity contribution >= 4 is 43.5 Å². The molecule has 0 spiro atoms. The SMILES string of the molecule is CCC[CH2][Sn]([CH2]CCC)([CH2]CCC)[c]1ccc2nc(-c3ccccc3)sc2c1.CNC. The average molecular weight is 545 g/mol. The second-order valence-corrected chi connectivity index (χ2v) is 22.9. The minimum atomic E-state index is -2.36. The van der Waals surface area contributed by atoms with Gasteiger partial charge in [0.25, 0.3) is 0 Å². The van der Waals surface area contributed by atoms with E-state index in [2.05, 4.69) is 74.6 Å². The fourth-order valence-corrected chi connectivity index (χ4v) is 21.6. The van der Waals surface area contributed by atoms with Gasteiger partial charge in [-0.2, -0.15) is 0 Å². The largest absolute Gasteiger partial charge is 0.323 e. The molecule has 2 aromatic carbocycles. The Balaban J connectivity index is 0.00000107. The summed E-state index contributed by atoms with van der Waals surface area (Å²) in [5.41, 5.74) is 2.41. The Labute approximate surface area is 198 Å². The quantitative estimate of drug-likeness (QED) is 0.248. The molecule has 31 heavy (non-hydrogen) atoms. The van der Waals surface area contributed by atoms with Gasteiger partial charge in [0.15, 0.2) is 0 Å². The first kappa shape index (κ1) is 26.3. The van der Waals surface area contributed by atoms with Crippen molar-refractivity contribution in [3.63, 3.8) is 0 Å². The molecular weight excluding hydrogens is 503 g/mol. The number of hydrogen-bond donors (Lipinski definition) is 1. The summed E-state index contributed by atoms with van der Waals surface area (Å²) in [7, 11) is 3.75. The summed E-state index contributed by atoms with van der Waals surface area (Å²) in [5, 5.41) is 3.91. The number of aromatic nitrogens is 1. The van der Waals surface area contributed by atoms with Crippen LogP contribution in [-0.4, -0.2) is 37.5 Å². The van der Waals surface area contributed by atoms with Gasteiger partial charge < -0.3 is 5.32 Å². The number of benzene rings is 2. The first-order chi connectivity index (χ1) is 15.1. The van der Waals surface area contributed by atoms with E-state index in [4.69, 9.17) is 4.98 Å². The van der Waals surface area contributed by atoms with Gasteiger partial charge >= 0.3 is 180 Å². The van der Waals surface area contributed by atoms with Crippen LogP contribution in [0.1, 0.15) is 59.3 Å². The van der Waals surface area contributed by atoms with Crippen LogP contribution in [0.15, 0.2) is 48.5 Å². The molecule has 3 aromatic rings. The van der Waals surface area contributed by atoms with Crippen LogP contribution >= 0.6 is 11.3 Å². The second-order valence-electron chi connectivity index (χ2n) is 8.66. The van der Waals surface area contributed by atoms with Crippen LogP contribution in [0.5, 0.6) is 0 Å². The molecule has 0 aliphatic carbocycles. The Hall–Kier alpha value is -0.911. The molecule has 0 saturated carbocycles. The summed E-state index contributed by atoms with van der Waals surface area (Å²) in [6.07, 6.45) is 8.24. The summed E-state index contributed by atoms with van der Waals surface area (Å²) in [5.74, 6) is 0. The predicted octanol–water partition coefficient (Wildman–Crippen LogP) is 7.86. The summed E-state index contributed by atoms with van der Waals surface area (Å²) in [4.78, 5) is 4.93. The topological polar surface area (TPSA) is 24.9 Å². The van der Waals surface area contributed by atoms with E-state index < -0.39 is 18.4 Å². The number of rotatable bonds is 11. The Bertz CT molecular complexity index is 854. The maximum atomic E-state index is 4.93. The van der Waals surface area contributed by atoms with Crippen LogP contribution in [0.4, 0.5) is 0 Å². The van der Waals surface area contributed by atoms with Crippen LogP contribution < -0.4 is 8.90 Å². The van der Waals surface area contributed by atoms with E-state index in [0.29, 0.717) is 0 Å². The van der Waals surface area contributed by atoms with Crippen LogP contribution in [0, 0.1) is 0 Å². The molecule has 0 saturated heterocycles. The molecule has 0 aliphatic rings. The Morgan fingerprint density at radius 2 is 1.35 bits per heavy atom. The molecule has 0 fully saturated rings. The standard InChI is InChI=1S/C13H8NS.3C4H9.C2H7N.Sn/c1-2-6-10(7-3-1)13-14-11-8-4-5-9-12(11)15-13;3*1-3-4-2;1-3-2;/h1-4,6-9H;3*1,3-4H2,2H3;3H,1-2H3;. The molecule has 0 atom stereocenters. The fourth-order valence-electron chi connectivity index (χ4n) is 4.31. The Kier molecular flexibility index (Phi) is 12.1. The normalized spacial score (nSPS) is 11.4. The van der Waals surface area contributed by atoms with Crippen LogP contribution in [-0.2, 0) is 0 Å². The minimum absolute atomic E-state index is 1.16. The predicted molar refractivity (Wildman–Crippen MR) is 145 cm³/mol. The van der Waals surface area contributed by atoms with Crippen molar-refractivity contribution in [3.05, 3.63) is 48.5 Å². The van der Waals surface area contributed by atoms with Crippen molar-refractivity contribution in [2.45, 2.75) is 72.6 Å². The van der Waals surface area contributed by atoms with Crippen LogP contribution in [0.25, 0.3) is 20.8 Å². The molecule has 2 nitrogen and oxygen atoms in total. The van der Waals surface area contributed by atoms with E-state index in [0.717, 1.165) is 5.01 Å². The molecular formula is C27H42N2SSn. The average Bonchev–Trinajstić information content (AvgIpc) is 3.24. The van der Waals surface area contributed by atoms with Gasteiger partial charge in [0.05, 0.1) is 0 Å². The second kappa shape index (κ2) is 14.3. The van der Waals surface area contributed by atoms with Crippen molar-refractivity contribution in [1.29, 1.82) is 0 Å². The van der Waals surface area contributed by atoms with E-state index in [1.54, 1.807) is 3.58 Å². The van der Waals surface area contributed by atoms with E-state index in [-0.39, 0.29) is 0 Å². The van der Waals surface area contributed by atoms with E-state index in [9.17, 15) is 0 Å².